The molecular weight excluding hydrogens is 158 g/mol. The average molecular weight is 169 g/mol. The molecule has 2 heterocycles. The van der Waals surface area contributed by atoms with Crippen molar-refractivity contribution in [3.8, 4) is 0 Å². The zero-order valence-corrected chi connectivity index (χ0v) is 7.38. The van der Waals surface area contributed by atoms with Gasteiger partial charge in [0.15, 0.2) is 0 Å². The molecule has 0 saturated heterocycles. The van der Waals surface area contributed by atoms with Crippen LogP contribution in [0.5, 0.6) is 0 Å². The largest absolute Gasteiger partial charge is 0.332 e. The van der Waals surface area contributed by atoms with Crippen LogP contribution in [0, 0.1) is 6.92 Å². The summed E-state index contributed by atoms with van der Waals surface area (Å²) in [7, 11) is 0. The van der Waals surface area contributed by atoms with Gasteiger partial charge in [0.2, 0.25) is 0 Å². The van der Waals surface area contributed by atoms with E-state index in [-0.39, 0.29) is 0 Å². The fraction of sp³-hybridized carbons (Fsp3) is 0.571. The molecule has 3 nitrogen and oxygen atoms in total. The van der Waals surface area contributed by atoms with Crippen molar-refractivity contribution in [3.05, 3.63) is 17.7 Å². The van der Waals surface area contributed by atoms with E-state index < -0.39 is 0 Å². The van der Waals surface area contributed by atoms with E-state index in [9.17, 15) is 0 Å². The number of rotatable bonds is 0. The number of hydrogen-bond acceptors (Lipinski definition) is 3. The summed E-state index contributed by atoms with van der Waals surface area (Å²) in [4.78, 5) is 4.37. The monoisotopic (exact) mass is 169 g/mol. The van der Waals surface area contributed by atoms with Gasteiger partial charge in [-0.2, -0.15) is 0 Å². The summed E-state index contributed by atoms with van der Waals surface area (Å²) in [5.41, 5.74) is 1.10. The normalized spacial score (nSPS) is 18.4. The Kier molecular flexibility index (Phi) is 1.65. The Bertz CT molecular complexity index is 269. The molecule has 0 aliphatic carbocycles. The van der Waals surface area contributed by atoms with E-state index in [2.05, 4.69) is 28.6 Å². The van der Waals surface area contributed by atoms with Gasteiger partial charge < -0.3 is 4.57 Å². The highest BCUT2D eigenvalue weighted by molar-refractivity contribution is 7.77. The number of thiol groups is 1. The molecule has 4 heteroatoms. The van der Waals surface area contributed by atoms with Crippen LogP contribution in [0.1, 0.15) is 11.5 Å². The van der Waals surface area contributed by atoms with E-state index >= 15 is 0 Å². The Morgan fingerprint density at radius 2 is 2.36 bits per heavy atom. The Morgan fingerprint density at radius 1 is 1.55 bits per heavy atom. The molecule has 0 unspecified atom stereocenters. The highest BCUT2D eigenvalue weighted by Crippen LogP contribution is 2.12. The maximum Gasteiger partial charge on any atom is 0.124 e. The number of imidazole rings is 1. The standard InChI is InChI=1S/C7H11N3S/c1-6-4-9-2-3-10(11)5-7(9)8-6/h4,11H,2-3,5H2,1H3. The van der Waals surface area contributed by atoms with Gasteiger partial charge in [-0.1, -0.05) is 12.8 Å². The van der Waals surface area contributed by atoms with Crippen LogP contribution in [0.4, 0.5) is 0 Å². The molecule has 1 aliphatic heterocycles. The second-order valence-electron chi connectivity index (χ2n) is 2.88. The van der Waals surface area contributed by atoms with Gasteiger partial charge in [0.1, 0.15) is 5.82 Å². The number of fused-ring (bicyclic) bond motifs is 1. The van der Waals surface area contributed by atoms with E-state index in [4.69, 9.17) is 0 Å². The van der Waals surface area contributed by atoms with Crippen molar-refractivity contribution in [2.45, 2.75) is 20.0 Å². The summed E-state index contributed by atoms with van der Waals surface area (Å²) < 4.78 is 4.18. The summed E-state index contributed by atoms with van der Waals surface area (Å²) >= 11 is 4.28. The number of aryl methyl sites for hydroxylation is 1. The first kappa shape index (κ1) is 7.18. The van der Waals surface area contributed by atoms with Gasteiger partial charge in [0, 0.05) is 19.3 Å². The zero-order chi connectivity index (χ0) is 7.84. The quantitative estimate of drug-likeness (QED) is 0.581. The fourth-order valence-corrected chi connectivity index (χ4v) is 1.60. The van der Waals surface area contributed by atoms with Crippen LogP contribution in [0.3, 0.4) is 0 Å². The van der Waals surface area contributed by atoms with Crippen LogP contribution >= 0.6 is 12.8 Å². The SMILES string of the molecule is Cc1cn2c(n1)CN(S)CC2. The second kappa shape index (κ2) is 2.53. The lowest BCUT2D eigenvalue weighted by Gasteiger charge is -2.21. The van der Waals surface area contributed by atoms with E-state index in [0.717, 1.165) is 31.2 Å². The van der Waals surface area contributed by atoms with Crippen molar-refractivity contribution in [3.63, 3.8) is 0 Å². The molecule has 0 spiro atoms. The molecule has 0 N–H and O–H groups in total. The fourth-order valence-electron chi connectivity index (χ4n) is 1.38. The van der Waals surface area contributed by atoms with Crippen LogP contribution in [-0.4, -0.2) is 20.4 Å². The van der Waals surface area contributed by atoms with Gasteiger partial charge in [0.05, 0.1) is 12.2 Å². The van der Waals surface area contributed by atoms with Gasteiger partial charge in [-0.15, -0.1) is 0 Å². The molecule has 11 heavy (non-hydrogen) atoms. The van der Waals surface area contributed by atoms with Crippen molar-refractivity contribution in [1.29, 1.82) is 0 Å². The molecule has 0 fully saturated rings. The van der Waals surface area contributed by atoms with Gasteiger partial charge >= 0.3 is 0 Å². The maximum absolute atomic E-state index is 4.37. The first-order valence-electron chi connectivity index (χ1n) is 3.72. The predicted molar refractivity (Wildman–Crippen MR) is 46.4 cm³/mol. The molecule has 1 aliphatic rings. The third-order valence-electron chi connectivity index (χ3n) is 1.90. The number of aromatic nitrogens is 2. The molecule has 0 amide bonds. The van der Waals surface area contributed by atoms with Crippen LogP contribution in [0.15, 0.2) is 6.20 Å². The molecule has 1 aromatic rings. The minimum Gasteiger partial charge on any atom is -0.332 e. The Morgan fingerprint density at radius 3 is 3.18 bits per heavy atom. The first-order chi connectivity index (χ1) is 5.25. The van der Waals surface area contributed by atoms with Crippen molar-refractivity contribution in [1.82, 2.24) is 13.9 Å². The summed E-state index contributed by atoms with van der Waals surface area (Å²) in [6, 6.07) is 0. The predicted octanol–water partition coefficient (Wildman–Crippen LogP) is 0.852. The van der Waals surface area contributed by atoms with Gasteiger partial charge in [-0.05, 0) is 6.92 Å². The first-order valence-corrected chi connectivity index (χ1v) is 4.12. The molecule has 0 radical (unpaired) electrons. The van der Waals surface area contributed by atoms with Crippen LogP contribution in [0.25, 0.3) is 0 Å². The van der Waals surface area contributed by atoms with E-state index in [0.29, 0.717) is 0 Å². The lowest BCUT2D eigenvalue weighted by atomic mass is 10.4. The maximum atomic E-state index is 4.37. The number of nitrogens with zero attached hydrogens (tertiary/aromatic N) is 3. The van der Waals surface area contributed by atoms with E-state index in [1.807, 2.05) is 11.2 Å². The van der Waals surface area contributed by atoms with Crippen molar-refractivity contribution >= 4 is 12.8 Å². The highest BCUT2D eigenvalue weighted by Gasteiger charge is 2.14. The Balaban J connectivity index is 2.34. The van der Waals surface area contributed by atoms with Crippen molar-refractivity contribution < 1.29 is 0 Å². The van der Waals surface area contributed by atoms with Crippen molar-refractivity contribution in [2.24, 2.45) is 0 Å². The van der Waals surface area contributed by atoms with Gasteiger partial charge in [-0.25, -0.2) is 9.29 Å². The van der Waals surface area contributed by atoms with E-state index in [1.54, 1.807) is 0 Å². The Hall–Kier alpha value is -0.480. The second-order valence-corrected chi connectivity index (χ2v) is 3.45. The lowest BCUT2D eigenvalue weighted by molar-refractivity contribution is 0.372. The van der Waals surface area contributed by atoms with Gasteiger partial charge in [-0.3, -0.25) is 0 Å². The van der Waals surface area contributed by atoms with Crippen LogP contribution < -0.4 is 0 Å². The lowest BCUT2D eigenvalue weighted by Crippen LogP contribution is -2.26. The minimum atomic E-state index is 0.858. The van der Waals surface area contributed by atoms with E-state index in [1.165, 1.54) is 0 Å². The van der Waals surface area contributed by atoms with Crippen molar-refractivity contribution in [2.75, 3.05) is 6.54 Å². The molecule has 1 aromatic heterocycles. The summed E-state index contributed by atoms with van der Waals surface area (Å²) in [6.07, 6.45) is 2.09. The van der Waals surface area contributed by atoms with Gasteiger partial charge in [0.25, 0.3) is 0 Å². The molecule has 0 bridgehead atoms. The molecular formula is C7H11N3S. The zero-order valence-electron chi connectivity index (χ0n) is 6.49. The molecule has 2 rings (SSSR count). The molecule has 0 aromatic carbocycles. The summed E-state index contributed by atoms with van der Waals surface area (Å²) in [5.74, 6) is 1.13. The topological polar surface area (TPSA) is 21.1 Å². The third kappa shape index (κ3) is 1.28. The third-order valence-corrected chi connectivity index (χ3v) is 2.24. The number of hydrogen-bond donors (Lipinski definition) is 1. The molecule has 0 atom stereocenters. The highest BCUT2D eigenvalue weighted by atomic mass is 32.1. The smallest absolute Gasteiger partial charge is 0.124 e. The summed E-state index contributed by atoms with van der Waals surface area (Å²) in [6.45, 7) is 4.90. The summed E-state index contributed by atoms with van der Waals surface area (Å²) in [5, 5.41) is 0. The van der Waals surface area contributed by atoms with Crippen LogP contribution in [-0.2, 0) is 13.1 Å². The average Bonchev–Trinajstić information content (AvgIpc) is 2.27. The molecule has 60 valence electrons. The molecule has 0 saturated carbocycles. The minimum absolute atomic E-state index is 0.858. The van der Waals surface area contributed by atoms with Crippen LogP contribution in [0.2, 0.25) is 0 Å². The Labute approximate surface area is 71.6 Å².